The Morgan fingerprint density at radius 1 is 1.08 bits per heavy atom. The Morgan fingerprint density at radius 2 is 1.76 bits per heavy atom. The Labute approximate surface area is 220 Å². The van der Waals surface area contributed by atoms with Gasteiger partial charge in [0.2, 0.25) is 15.9 Å². The summed E-state index contributed by atoms with van der Waals surface area (Å²) in [6.45, 7) is 2.63. The van der Waals surface area contributed by atoms with Gasteiger partial charge < -0.3 is 14.7 Å². The van der Waals surface area contributed by atoms with E-state index >= 15 is 0 Å². The quantitative estimate of drug-likeness (QED) is 0.401. The molecule has 1 saturated heterocycles. The molecule has 0 radical (unpaired) electrons. The number of ether oxygens (including phenoxy) is 1. The van der Waals surface area contributed by atoms with E-state index in [2.05, 4.69) is 4.72 Å². The van der Waals surface area contributed by atoms with Gasteiger partial charge >= 0.3 is 5.97 Å². The molecule has 1 amide bonds. The van der Waals surface area contributed by atoms with Crippen LogP contribution >= 0.6 is 11.6 Å². The van der Waals surface area contributed by atoms with E-state index in [1.165, 1.54) is 12.1 Å². The minimum absolute atomic E-state index is 0.101. The molecule has 1 aliphatic heterocycles. The molecule has 3 aromatic carbocycles. The highest BCUT2D eigenvalue weighted by molar-refractivity contribution is 7.89. The molecule has 2 N–H and O–H groups in total. The second-order valence-electron chi connectivity index (χ2n) is 8.96. The van der Waals surface area contributed by atoms with Crippen molar-refractivity contribution in [2.24, 2.45) is 0 Å². The number of aryl methyl sites for hydroxylation is 1. The fourth-order valence-corrected chi connectivity index (χ4v) is 5.46. The Kier molecular flexibility index (Phi) is 8.16. The maximum atomic E-state index is 13.1. The molecular formula is C27H27ClN2O6S. The first kappa shape index (κ1) is 26.7. The maximum Gasteiger partial charge on any atom is 0.307 e. The van der Waals surface area contributed by atoms with Crippen molar-refractivity contribution in [2.45, 2.75) is 43.9 Å². The number of nitrogens with zero attached hydrogens (tertiary/aromatic N) is 1. The average Bonchev–Trinajstić information content (AvgIpc) is 3.18. The van der Waals surface area contributed by atoms with Gasteiger partial charge in [-0.3, -0.25) is 9.59 Å². The summed E-state index contributed by atoms with van der Waals surface area (Å²) >= 11 is 5.95. The third-order valence-corrected chi connectivity index (χ3v) is 7.81. The van der Waals surface area contributed by atoms with Crippen LogP contribution in [0.25, 0.3) is 0 Å². The lowest BCUT2D eigenvalue weighted by Gasteiger charge is -2.20. The van der Waals surface area contributed by atoms with Crippen molar-refractivity contribution in [1.82, 2.24) is 9.62 Å². The summed E-state index contributed by atoms with van der Waals surface area (Å²) in [6, 6.07) is 17.8. The fraction of sp³-hybridized carbons (Fsp3) is 0.259. The number of carboxylic acid groups (broad SMARTS) is 1. The third-order valence-electron chi connectivity index (χ3n) is 6.08. The predicted molar refractivity (Wildman–Crippen MR) is 139 cm³/mol. The summed E-state index contributed by atoms with van der Waals surface area (Å²) in [5, 5.41) is 9.82. The summed E-state index contributed by atoms with van der Waals surface area (Å²) < 4.78 is 34.1. The van der Waals surface area contributed by atoms with Crippen LogP contribution in [0.4, 0.5) is 0 Å². The molecule has 1 aliphatic rings. The maximum absolute atomic E-state index is 13.1. The Bertz CT molecular complexity index is 1390. The van der Waals surface area contributed by atoms with Crippen LogP contribution in [0.2, 0.25) is 5.02 Å². The first-order chi connectivity index (χ1) is 17.6. The molecule has 0 aliphatic carbocycles. The molecule has 0 spiro atoms. The predicted octanol–water partition coefficient (Wildman–Crippen LogP) is 3.93. The van der Waals surface area contributed by atoms with Gasteiger partial charge in [0.05, 0.1) is 11.3 Å². The number of amides is 1. The van der Waals surface area contributed by atoms with Crippen molar-refractivity contribution in [3.05, 3.63) is 94.0 Å². The molecule has 194 valence electrons. The molecule has 10 heteroatoms. The summed E-state index contributed by atoms with van der Waals surface area (Å²) in [7, 11) is -3.86. The van der Waals surface area contributed by atoms with E-state index in [4.69, 9.17) is 16.3 Å². The Hall–Kier alpha value is -3.40. The van der Waals surface area contributed by atoms with Crippen molar-refractivity contribution in [3.8, 4) is 5.75 Å². The molecule has 37 heavy (non-hydrogen) atoms. The topological polar surface area (TPSA) is 113 Å². The average molecular weight is 543 g/mol. The van der Waals surface area contributed by atoms with Gasteiger partial charge in [-0.15, -0.1) is 0 Å². The first-order valence-electron chi connectivity index (χ1n) is 11.7. The van der Waals surface area contributed by atoms with E-state index in [9.17, 15) is 23.1 Å². The molecule has 8 nitrogen and oxygen atoms in total. The normalized spacial score (nSPS) is 15.7. The monoisotopic (exact) mass is 542 g/mol. The summed E-state index contributed by atoms with van der Waals surface area (Å²) in [6.07, 6.45) is 0.150. The number of carbonyl (C=O) groups is 2. The van der Waals surface area contributed by atoms with Crippen LogP contribution in [-0.4, -0.2) is 42.9 Å². The summed E-state index contributed by atoms with van der Waals surface area (Å²) in [5.74, 6) is -0.799. The Balaban J connectivity index is 1.49. The van der Waals surface area contributed by atoms with Gasteiger partial charge in [-0.1, -0.05) is 47.5 Å². The van der Waals surface area contributed by atoms with E-state index in [-0.39, 0.29) is 30.4 Å². The zero-order chi connectivity index (χ0) is 26.6. The first-order valence-corrected chi connectivity index (χ1v) is 13.6. The molecule has 0 unspecified atom stereocenters. The van der Waals surface area contributed by atoms with Crippen molar-refractivity contribution in [1.29, 1.82) is 0 Å². The molecule has 1 heterocycles. The van der Waals surface area contributed by atoms with Crippen molar-refractivity contribution in [3.63, 3.8) is 0 Å². The molecular weight excluding hydrogens is 516 g/mol. The van der Waals surface area contributed by atoms with Crippen LogP contribution < -0.4 is 9.46 Å². The number of likely N-dealkylation sites (tertiary alicyclic amines) is 1. The van der Waals surface area contributed by atoms with Crippen molar-refractivity contribution in [2.75, 3.05) is 6.54 Å². The minimum Gasteiger partial charge on any atom is -0.489 e. The summed E-state index contributed by atoms with van der Waals surface area (Å²) in [5.41, 5.74) is 3.04. The number of nitrogens with one attached hydrogen (secondary N) is 1. The number of sulfonamides is 1. The van der Waals surface area contributed by atoms with E-state index < -0.39 is 22.0 Å². The second-order valence-corrected chi connectivity index (χ2v) is 11.1. The van der Waals surface area contributed by atoms with Crippen LogP contribution in [0.3, 0.4) is 0 Å². The highest BCUT2D eigenvalue weighted by Crippen LogP contribution is 2.26. The van der Waals surface area contributed by atoms with Gasteiger partial charge in [0.1, 0.15) is 18.4 Å². The van der Waals surface area contributed by atoms with Gasteiger partial charge in [-0.2, -0.15) is 4.72 Å². The largest absolute Gasteiger partial charge is 0.489 e. The van der Waals surface area contributed by atoms with Gasteiger partial charge in [-0.25, -0.2) is 8.42 Å². The van der Waals surface area contributed by atoms with E-state index in [1.807, 2.05) is 19.1 Å². The number of carboxylic acids is 1. The number of hydrogen-bond donors (Lipinski definition) is 2. The third kappa shape index (κ3) is 6.88. The number of carbonyl (C=O) groups excluding carboxylic acids is 1. The highest BCUT2D eigenvalue weighted by Gasteiger charge is 2.35. The smallest absolute Gasteiger partial charge is 0.307 e. The standard InChI is InChI=1S/C27H27ClN2O6S/c1-18-2-9-23(10-3-18)37(34,35)29-24-12-13-30(27(24)33)16-21-14-20(15-26(31)32)6-11-25(21)36-17-19-4-7-22(28)8-5-19/h2-11,14,24,29H,12-13,15-17H2,1H3,(H,31,32)/t24-/m0/s1. The number of benzene rings is 3. The SMILES string of the molecule is Cc1ccc(S(=O)(=O)N[C@H]2CCN(Cc3cc(CC(=O)O)ccc3OCc3ccc(Cl)cc3)C2=O)cc1. The molecule has 3 aromatic rings. The number of halogens is 1. The molecule has 0 aromatic heterocycles. The lowest BCUT2D eigenvalue weighted by atomic mass is 10.1. The van der Waals surface area contributed by atoms with Gasteiger partial charge in [0, 0.05) is 23.7 Å². The second kappa shape index (κ2) is 11.3. The molecule has 1 atom stereocenters. The summed E-state index contributed by atoms with van der Waals surface area (Å²) in [4.78, 5) is 26.0. The van der Waals surface area contributed by atoms with Crippen LogP contribution in [0.1, 0.15) is 28.7 Å². The van der Waals surface area contributed by atoms with Crippen molar-refractivity contribution < 1.29 is 27.9 Å². The minimum atomic E-state index is -3.86. The molecule has 0 bridgehead atoms. The fourth-order valence-electron chi connectivity index (χ4n) is 4.11. The van der Waals surface area contributed by atoms with Gasteiger partial charge in [-0.05, 0) is 60.9 Å². The van der Waals surface area contributed by atoms with Crippen LogP contribution in [0, 0.1) is 6.92 Å². The van der Waals surface area contributed by atoms with E-state index in [0.29, 0.717) is 34.9 Å². The molecule has 1 fully saturated rings. The Morgan fingerprint density at radius 3 is 2.43 bits per heavy atom. The van der Waals surface area contributed by atoms with Crippen molar-refractivity contribution >= 4 is 33.5 Å². The van der Waals surface area contributed by atoms with Crippen LogP contribution in [-0.2, 0) is 39.2 Å². The molecule has 0 saturated carbocycles. The van der Waals surface area contributed by atoms with Crippen LogP contribution in [0.5, 0.6) is 5.75 Å². The van der Waals surface area contributed by atoms with Gasteiger partial charge in [0.25, 0.3) is 0 Å². The van der Waals surface area contributed by atoms with E-state index in [0.717, 1.165) is 11.1 Å². The zero-order valence-corrected chi connectivity index (χ0v) is 21.8. The highest BCUT2D eigenvalue weighted by atomic mass is 35.5. The number of rotatable bonds is 10. The lowest BCUT2D eigenvalue weighted by molar-refractivity contribution is -0.136. The van der Waals surface area contributed by atoms with E-state index in [1.54, 1.807) is 47.4 Å². The molecule has 4 rings (SSSR count). The number of aliphatic carboxylic acids is 1. The zero-order valence-electron chi connectivity index (χ0n) is 20.2. The van der Waals surface area contributed by atoms with Crippen LogP contribution in [0.15, 0.2) is 71.6 Å². The number of hydrogen-bond acceptors (Lipinski definition) is 5. The van der Waals surface area contributed by atoms with Gasteiger partial charge in [0.15, 0.2) is 0 Å². The lowest BCUT2D eigenvalue weighted by Crippen LogP contribution is -2.41.